The Balaban J connectivity index is 2.76. The van der Waals surface area contributed by atoms with Gasteiger partial charge in [0, 0.05) is 11.3 Å². The van der Waals surface area contributed by atoms with Gasteiger partial charge in [-0.2, -0.15) is 0 Å². The molecule has 5 heteroatoms. The zero-order valence-electron chi connectivity index (χ0n) is 6.95. The Kier molecular flexibility index (Phi) is 1.85. The smallest absolute Gasteiger partial charge is 0.271 e. The molecule has 14 heavy (non-hydrogen) atoms. The lowest BCUT2D eigenvalue weighted by molar-refractivity contribution is -0.112. The molecule has 1 aliphatic heterocycles. The Morgan fingerprint density at radius 1 is 1.43 bits per heavy atom. The maximum absolute atomic E-state index is 12.9. The highest BCUT2D eigenvalue weighted by Gasteiger charge is 2.08. The minimum atomic E-state index is -0.519. The second kappa shape index (κ2) is 3.02. The Labute approximate surface area is 77.8 Å². The van der Waals surface area contributed by atoms with Gasteiger partial charge in [0.1, 0.15) is 5.82 Å². The van der Waals surface area contributed by atoms with Crippen molar-refractivity contribution in [3.8, 4) is 0 Å². The number of anilines is 1. The van der Waals surface area contributed by atoms with Gasteiger partial charge in [-0.25, -0.2) is 9.38 Å². The van der Waals surface area contributed by atoms with Crippen molar-refractivity contribution in [2.45, 2.75) is 0 Å². The summed E-state index contributed by atoms with van der Waals surface area (Å²) in [6, 6.07) is 2.31. The Hall–Kier alpha value is -2.04. The molecule has 0 atom stereocenters. The molecular formula is C9H5FN2O2. The summed E-state index contributed by atoms with van der Waals surface area (Å²) in [5, 5.41) is 2.98. The largest absolute Gasteiger partial charge is 0.327 e. The third kappa shape index (κ3) is 1.28. The van der Waals surface area contributed by atoms with Crippen molar-refractivity contribution >= 4 is 24.1 Å². The van der Waals surface area contributed by atoms with Gasteiger partial charge in [0.25, 0.3) is 5.91 Å². The normalized spacial score (nSPS) is 12.8. The molecule has 0 bridgehead atoms. The van der Waals surface area contributed by atoms with Crippen LogP contribution in [0.25, 0.3) is 6.08 Å². The zero-order valence-corrected chi connectivity index (χ0v) is 6.95. The lowest BCUT2D eigenvalue weighted by Gasteiger charge is -1.97. The van der Waals surface area contributed by atoms with Crippen LogP contribution in [-0.4, -0.2) is 12.3 Å². The number of hydrogen-bond acceptors (Lipinski definition) is 2. The molecule has 1 N–H and O–H groups in total. The molecule has 0 saturated heterocycles. The third-order valence-electron chi connectivity index (χ3n) is 1.82. The van der Waals surface area contributed by atoms with Crippen LogP contribution in [0.15, 0.2) is 17.1 Å². The van der Waals surface area contributed by atoms with Crippen molar-refractivity contribution < 1.29 is 14.0 Å². The summed E-state index contributed by atoms with van der Waals surface area (Å²) in [4.78, 5) is 24.7. The van der Waals surface area contributed by atoms with Crippen molar-refractivity contribution in [2.75, 3.05) is 5.32 Å². The fourth-order valence-electron chi connectivity index (χ4n) is 1.30. The summed E-state index contributed by atoms with van der Waals surface area (Å²) in [6.45, 7) is 0. The van der Waals surface area contributed by atoms with Gasteiger partial charge < -0.3 is 5.32 Å². The molecule has 0 spiro atoms. The summed E-state index contributed by atoms with van der Waals surface area (Å²) in [5.41, 5.74) is 0.206. The van der Waals surface area contributed by atoms with Crippen molar-refractivity contribution in [1.29, 1.82) is 0 Å². The van der Waals surface area contributed by atoms with Crippen molar-refractivity contribution in [3.63, 3.8) is 0 Å². The number of amides is 2. The summed E-state index contributed by atoms with van der Waals surface area (Å²) in [7, 11) is 0. The standard InChI is InChI=1S/C9H5FN2O2/c10-6-1-5-2-8(14)12-9(5)7(3-6)11-4-13/h1-4H,(H,11,13). The maximum Gasteiger partial charge on any atom is 0.271 e. The number of carbonyl (C=O) groups excluding carboxylic acids is 2. The number of halogens is 1. The molecule has 0 radical (unpaired) electrons. The Morgan fingerprint density at radius 3 is 2.93 bits per heavy atom. The lowest BCUT2D eigenvalue weighted by atomic mass is 10.2. The summed E-state index contributed by atoms with van der Waals surface area (Å²) in [5.74, 6) is -0.964. The van der Waals surface area contributed by atoms with E-state index in [0.717, 1.165) is 6.07 Å². The minimum absolute atomic E-state index is 0.206. The molecule has 2 rings (SSSR count). The number of hydrogen-bond donors (Lipinski definition) is 1. The predicted octanol–water partition coefficient (Wildman–Crippen LogP) is -0.666. The number of fused-ring (bicyclic) bond motifs is 1. The van der Waals surface area contributed by atoms with Crippen LogP contribution in [0.4, 0.5) is 10.1 Å². The van der Waals surface area contributed by atoms with Crippen LogP contribution in [0, 0.1) is 5.82 Å². The Bertz CT molecular complexity index is 536. The summed E-state index contributed by atoms with van der Waals surface area (Å²) < 4.78 is 12.9. The van der Waals surface area contributed by atoms with E-state index >= 15 is 0 Å². The molecule has 1 aliphatic rings. The molecule has 0 fully saturated rings. The van der Waals surface area contributed by atoms with Crippen molar-refractivity contribution in [2.24, 2.45) is 4.99 Å². The molecule has 1 heterocycles. The molecule has 0 saturated carbocycles. The summed E-state index contributed by atoms with van der Waals surface area (Å²) >= 11 is 0. The monoisotopic (exact) mass is 192 g/mol. The van der Waals surface area contributed by atoms with Crippen LogP contribution in [-0.2, 0) is 9.59 Å². The second-order valence-corrected chi connectivity index (χ2v) is 2.75. The van der Waals surface area contributed by atoms with E-state index in [1.807, 2.05) is 0 Å². The van der Waals surface area contributed by atoms with Crippen molar-refractivity contribution in [1.82, 2.24) is 0 Å². The first-order valence-corrected chi connectivity index (χ1v) is 3.85. The minimum Gasteiger partial charge on any atom is -0.327 e. The van der Waals surface area contributed by atoms with Gasteiger partial charge in [-0.3, -0.25) is 9.59 Å². The van der Waals surface area contributed by atoms with Crippen molar-refractivity contribution in [3.05, 3.63) is 28.5 Å². The highest BCUT2D eigenvalue weighted by atomic mass is 19.1. The third-order valence-corrected chi connectivity index (χ3v) is 1.82. The van der Waals surface area contributed by atoms with E-state index in [4.69, 9.17) is 0 Å². The molecule has 1 aromatic carbocycles. The van der Waals surface area contributed by atoms with Gasteiger partial charge in [0.05, 0.1) is 11.0 Å². The van der Waals surface area contributed by atoms with Crippen LogP contribution in [0.2, 0.25) is 0 Å². The molecule has 4 nitrogen and oxygen atoms in total. The quantitative estimate of drug-likeness (QED) is 0.632. The molecule has 2 amide bonds. The number of carbonyl (C=O) groups is 2. The fourth-order valence-corrected chi connectivity index (χ4v) is 1.30. The van der Waals surface area contributed by atoms with Gasteiger partial charge in [-0.15, -0.1) is 0 Å². The Morgan fingerprint density at radius 2 is 2.21 bits per heavy atom. The van der Waals surface area contributed by atoms with Crippen LogP contribution >= 0.6 is 0 Å². The molecule has 0 unspecified atom stereocenters. The molecule has 0 aromatic heterocycles. The van der Waals surface area contributed by atoms with E-state index in [0.29, 0.717) is 17.0 Å². The first kappa shape index (κ1) is 8.55. The van der Waals surface area contributed by atoms with E-state index in [1.165, 1.54) is 12.1 Å². The molecular weight excluding hydrogens is 187 g/mol. The van der Waals surface area contributed by atoms with Crippen LogP contribution in [0.5, 0.6) is 0 Å². The maximum atomic E-state index is 12.9. The van der Waals surface area contributed by atoms with E-state index in [-0.39, 0.29) is 5.69 Å². The predicted molar refractivity (Wildman–Crippen MR) is 46.3 cm³/mol. The highest BCUT2D eigenvalue weighted by molar-refractivity contribution is 6.06. The fraction of sp³-hybridized carbons (Fsp3) is 0. The second-order valence-electron chi connectivity index (χ2n) is 2.75. The first-order chi connectivity index (χ1) is 6.70. The van der Waals surface area contributed by atoms with Gasteiger partial charge >= 0.3 is 0 Å². The van der Waals surface area contributed by atoms with E-state index in [1.54, 1.807) is 0 Å². The van der Waals surface area contributed by atoms with Gasteiger partial charge in [0.2, 0.25) is 6.41 Å². The SMILES string of the molecule is O=CNc1cc(F)cc2c1=NC(=O)C=2. The topological polar surface area (TPSA) is 58.5 Å². The number of benzene rings is 1. The molecule has 70 valence electrons. The number of rotatable bonds is 2. The van der Waals surface area contributed by atoms with Gasteiger partial charge in [-0.05, 0) is 12.1 Å². The van der Waals surface area contributed by atoms with E-state index in [2.05, 4.69) is 10.3 Å². The molecule has 1 aromatic rings. The number of nitrogens with one attached hydrogen (secondary N) is 1. The van der Waals surface area contributed by atoms with Crippen LogP contribution < -0.4 is 15.9 Å². The van der Waals surface area contributed by atoms with Gasteiger partial charge in [0.15, 0.2) is 0 Å². The molecule has 0 aliphatic carbocycles. The van der Waals surface area contributed by atoms with E-state index < -0.39 is 11.7 Å². The van der Waals surface area contributed by atoms with Crippen LogP contribution in [0.1, 0.15) is 0 Å². The average Bonchev–Trinajstić information content (AvgIpc) is 2.45. The van der Waals surface area contributed by atoms with Gasteiger partial charge in [-0.1, -0.05) is 0 Å². The summed E-state index contributed by atoms with van der Waals surface area (Å²) in [6.07, 6.45) is 1.63. The van der Waals surface area contributed by atoms with E-state index in [9.17, 15) is 14.0 Å². The highest BCUT2D eigenvalue weighted by Crippen LogP contribution is 2.01. The average molecular weight is 192 g/mol. The van der Waals surface area contributed by atoms with Crippen LogP contribution in [0.3, 0.4) is 0 Å². The number of nitrogens with zero attached hydrogens (tertiary/aromatic N) is 1. The lowest BCUT2D eigenvalue weighted by Crippen LogP contribution is -2.25. The zero-order chi connectivity index (χ0) is 10.1. The first-order valence-electron chi connectivity index (χ1n) is 3.85.